The molecule has 1 fully saturated rings. The van der Waals surface area contributed by atoms with Crippen LogP contribution < -0.4 is 5.32 Å². The van der Waals surface area contributed by atoms with Gasteiger partial charge in [0.2, 0.25) is 0 Å². The molecule has 0 aromatic carbocycles. The van der Waals surface area contributed by atoms with Crippen LogP contribution in [0.25, 0.3) is 6.08 Å². The maximum absolute atomic E-state index is 4.41. The van der Waals surface area contributed by atoms with Crippen molar-refractivity contribution in [3.05, 3.63) is 35.2 Å². The summed E-state index contributed by atoms with van der Waals surface area (Å²) in [4.78, 5) is 4.41. The van der Waals surface area contributed by atoms with Crippen LogP contribution in [-0.4, -0.2) is 18.1 Å². The fraction of sp³-hybridized carbons (Fsp3) is 0.462. The number of pyridine rings is 1. The molecule has 1 atom stereocenters. The Morgan fingerprint density at radius 1 is 1.40 bits per heavy atom. The Kier molecular flexibility index (Phi) is 2.29. The minimum Gasteiger partial charge on any atom is -0.316 e. The number of piperidine rings is 1. The highest BCUT2D eigenvalue weighted by Crippen LogP contribution is 2.30. The maximum atomic E-state index is 4.41. The van der Waals surface area contributed by atoms with Crippen molar-refractivity contribution in [2.45, 2.75) is 19.3 Å². The van der Waals surface area contributed by atoms with E-state index >= 15 is 0 Å². The highest BCUT2D eigenvalue weighted by molar-refractivity contribution is 5.60. The Morgan fingerprint density at radius 3 is 3.20 bits per heavy atom. The summed E-state index contributed by atoms with van der Waals surface area (Å²) >= 11 is 0. The van der Waals surface area contributed by atoms with Crippen LogP contribution >= 0.6 is 0 Å². The Morgan fingerprint density at radius 2 is 2.40 bits per heavy atom. The molecule has 2 nitrogen and oxygen atoms in total. The lowest BCUT2D eigenvalue weighted by atomic mass is 9.90. The summed E-state index contributed by atoms with van der Waals surface area (Å²) in [7, 11) is 0. The quantitative estimate of drug-likeness (QED) is 0.750. The summed E-state index contributed by atoms with van der Waals surface area (Å²) in [5.74, 6) is 0.743. The molecule has 15 heavy (non-hydrogen) atoms. The zero-order chi connectivity index (χ0) is 10.1. The number of nitrogens with zero attached hydrogens (tertiary/aromatic N) is 1. The summed E-state index contributed by atoms with van der Waals surface area (Å²) in [6, 6.07) is 4.23. The van der Waals surface area contributed by atoms with E-state index in [0.29, 0.717) is 0 Å². The predicted molar refractivity (Wildman–Crippen MR) is 61.5 cm³/mol. The number of aromatic nitrogens is 1. The SMILES string of the molecule is C1=C(C2CCCNC2)Cc2cccnc21. The zero-order valence-corrected chi connectivity index (χ0v) is 8.87. The Bertz CT molecular complexity index is 389. The lowest BCUT2D eigenvalue weighted by molar-refractivity contribution is 0.420. The standard InChI is InChI=1S/C13H16N2/c1-4-11(9-14-5-1)12-7-10-3-2-6-15-13(10)8-12/h2-3,6,8,11,14H,1,4-5,7,9H2. The molecule has 1 saturated heterocycles. The fourth-order valence-corrected chi connectivity index (χ4v) is 2.61. The first-order valence-corrected chi connectivity index (χ1v) is 5.78. The molecule has 0 radical (unpaired) electrons. The predicted octanol–water partition coefficient (Wildman–Crippen LogP) is 2.02. The van der Waals surface area contributed by atoms with E-state index in [0.717, 1.165) is 18.9 Å². The van der Waals surface area contributed by atoms with Gasteiger partial charge in [-0.25, -0.2) is 0 Å². The molecule has 0 saturated carbocycles. The molecular weight excluding hydrogens is 184 g/mol. The van der Waals surface area contributed by atoms with Crippen LogP contribution in [0, 0.1) is 5.92 Å². The van der Waals surface area contributed by atoms with E-state index in [2.05, 4.69) is 22.4 Å². The fourth-order valence-electron chi connectivity index (χ4n) is 2.61. The average Bonchev–Trinajstić information content (AvgIpc) is 2.74. The first kappa shape index (κ1) is 9.10. The number of hydrogen-bond acceptors (Lipinski definition) is 2. The third-order valence-electron chi connectivity index (χ3n) is 3.46. The monoisotopic (exact) mass is 200 g/mol. The largest absolute Gasteiger partial charge is 0.316 e. The van der Waals surface area contributed by atoms with Crippen molar-refractivity contribution in [2.24, 2.45) is 5.92 Å². The van der Waals surface area contributed by atoms with Gasteiger partial charge in [-0.15, -0.1) is 0 Å². The number of fused-ring (bicyclic) bond motifs is 1. The molecule has 0 spiro atoms. The van der Waals surface area contributed by atoms with Crippen molar-refractivity contribution < 1.29 is 0 Å². The van der Waals surface area contributed by atoms with Gasteiger partial charge in [0.1, 0.15) is 0 Å². The van der Waals surface area contributed by atoms with Crippen LogP contribution in [0.1, 0.15) is 24.1 Å². The second-order valence-electron chi connectivity index (χ2n) is 4.49. The van der Waals surface area contributed by atoms with Crippen LogP contribution in [0.4, 0.5) is 0 Å². The van der Waals surface area contributed by atoms with Gasteiger partial charge in [-0.05, 0) is 49.4 Å². The first-order valence-electron chi connectivity index (χ1n) is 5.78. The van der Waals surface area contributed by atoms with Crippen molar-refractivity contribution in [1.29, 1.82) is 0 Å². The Labute approximate surface area is 90.4 Å². The normalized spacial score (nSPS) is 24.8. The number of rotatable bonds is 1. The van der Waals surface area contributed by atoms with E-state index in [1.807, 2.05) is 12.3 Å². The molecule has 1 aliphatic heterocycles. The summed E-state index contributed by atoms with van der Waals surface area (Å²) in [6.45, 7) is 2.34. The molecular formula is C13H16N2. The summed E-state index contributed by atoms with van der Waals surface area (Å²) in [5.41, 5.74) is 4.17. The minimum atomic E-state index is 0.743. The Balaban J connectivity index is 1.81. The van der Waals surface area contributed by atoms with Gasteiger partial charge in [-0.3, -0.25) is 4.98 Å². The van der Waals surface area contributed by atoms with Gasteiger partial charge in [0.15, 0.2) is 0 Å². The second kappa shape index (κ2) is 3.78. The summed E-state index contributed by atoms with van der Waals surface area (Å²) in [5, 5.41) is 3.48. The maximum Gasteiger partial charge on any atom is 0.0664 e. The lowest BCUT2D eigenvalue weighted by Crippen LogP contribution is -2.30. The van der Waals surface area contributed by atoms with E-state index in [1.54, 1.807) is 5.57 Å². The number of nitrogens with one attached hydrogen (secondary N) is 1. The van der Waals surface area contributed by atoms with Gasteiger partial charge in [0.05, 0.1) is 5.69 Å². The van der Waals surface area contributed by atoms with Crippen molar-refractivity contribution in [1.82, 2.24) is 10.3 Å². The summed E-state index contributed by atoms with van der Waals surface area (Å²) in [6.07, 6.45) is 7.96. The van der Waals surface area contributed by atoms with Gasteiger partial charge in [0, 0.05) is 12.7 Å². The van der Waals surface area contributed by atoms with Crippen molar-refractivity contribution >= 4 is 6.08 Å². The third kappa shape index (κ3) is 1.70. The van der Waals surface area contributed by atoms with E-state index in [1.165, 1.54) is 30.6 Å². The van der Waals surface area contributed by atoms with Crippen LogP contribution in [-0.2, 0) is 6.42 Å². The number of hydrogen-bond donors (Lipinski definition) is 1. The molecule has 1 aliphatic carbocycles. The van der Waals surface area contributed by atoms with Gasteiger partial charge >= 0.3 is 0 Å². The highest BCUT2D eigenvalue weighted by Gasteiger charge is 2.22. The molecule has 0 amide bonds. The molecule has 2 heterocycles. The van der Waals surface area contributed by atoms with Gasteiger partial charge < -0.3 is 5.32 Å². The van der Waals surface area contributed by atoms with Crippen molar-refractivity contribution in [2.75, 3.05) is 13.1 Å². The van der Waals surface area contributed by atoms with Crippen LogP contribution in [0.5, 0.6) is 0 Å². The van der Waals surface area contributed by atoms with Gasteiger partial charge in [-0.2, -0.15) is 0 Å². The lowest BCUT2D eigenvalue weighted by Gasteiger charge is -2.23. The Hall–Kier alpha value is -1.15. The van der Waals surface area contributed by atoms with Gasteiger partial charge in [0.25, 0.3) is 0 Å². The average molecular weight is 200 g/mol. The zero-order valence-electron chi connectivity index (χ0n) is 8.87. The van der Waals surface area contributed by atoms with E-state index in [-0.39, 0.29) is 0 Å². The minimum absolute atomic E-state index is 0.743. The van der Waals surface area contributed by atoms with Crippen LogP contribution in [0.3, 0.4) is 0 Å². The van der Waals surface area contributed by atoms with E-state index in [4.69, 9.17) is 0 Å². The highest BCUT2D eigenvalue weighted by atomic mass is 14.9. The molecule has 3 rings (SSSR count). The topological polar surface area (TPSA) is 24.9 Å². The van der Waals surface area contributed by atoms with Crippen molar-refractivity contribution in [3.63, 3.8) is 0 Å². The second-order valence-corrected chi connectivity index (χ2v) is 4.49. The molecule has 1 aromatic heterocycles. The molecule has 1 aromatic rings. The molecule has 2 aliphatic rings. The van der Waals surface area contributed by atoms with Crippen molar-refractivity contribution in [3.8, 4) is 0 Å². The van der Waals surface area contributed by atoms with Gasteiger partial charge in [-0.1, -0.05) is 11.6 Å². The first-order chi connectivity index (χ1) is 7.43. The van der Waals surface area contributed by atoms with Crippen LogP contribution in [0.15, 0.2) is 23.9 Å². The molecule has 1 unspecified atom stereocenters. The smallest absolute Gasteiger partial charge is 0.0664 e. The summed E-state index contributed by atoms with van der Waals surface area (Å²) < 4.78 is 0. The molecule has 2 heteroatoms. The molecule has 0 bridgehead atoms. The third-order valence-corrected chi connectivity index (χ3v) is 3.46. The molecule has 78 valence electrons. The van der Waals surface area contributed by atoms with E-state index < -0.39 is 0 Å². The molecule has 1 N–H and O–H groups in total. The van der Waals surface area contributed by atoms with Crippen LogP contribution in [0.2, 0.25) is 0 Å². The van der Waals surface area contributed by atoms with E-state index in [9.17, 15) is 0 Å².